The Labute approximate surface area is 121 Å². The number of rotatable bonds is 6. The quantitative estimate of drug-likeness (QED) is 0.866. The van der Waals surface area contributed by atoms with Gasteiger partial charge in [0.25, 0.3) is 0 Å². The normalized spacial score (nSPS) is 23.0. The molecule has 5 nitrogen and oxygen atoms in total. The Kier molecular flexibility index (Phi) is 5.73. The van der Waals surface area contributed by atoms with Crippen molar-refractivity contribution in [2.45, 2.75) is 64.3 Å². The van der Waals surface area contributed by atoms with E-state index in [4.69, 9.17) is 9.47 Å². The van der Waals surface area contributed by atoms with Crippen LogP contribution in [0.15, 0.2) is 12.4 Å². The van der Waals surface area contributed by atoms with Crippen LogP contribution >= 0.6 is 0 Å². The Morgan fingerprint density at radius 3 is 2.85 bits per heavy atom. The van der Waals surface area contributed by atoms with Gasteiger partial charge in [0.05, 0.1) is 18.0 Å². The Morgan fingerprint density at radius 1 is 1.30 bits per heavy atom. The number of aromatic nitrogens is 2. The van der Waals surface area contributed by atoms with Crippen molar-refractivity contribution >= 4 is 0 Å². The molecule has 0 bridgehead atoms. The van der Waals surface area contributed by atoms with Crippen molar-refractivity contribution in [1.82, 2.24) is 15.3 Å². The lowest BCUT2D eigenvalue weighted by atomic mass is 9.95. The van der Waals surface area contributed by atoms with Gasteiger partial charge in [0, 0.05) is 32.3 Å². The van der Waals surface area contributed by atoms with Crippen LogP contribution in [0.3, 0.4) is 0 Å². The lowest BCUT2D eigenvalue weighted by Crippen LogP contribution is -2.30. The molecule has 5 heteroatoms. The Balaban J connectivity index is 1.90. The highest BCUT2D eigenvalue weighted by molar-refractivity contribution is 5.09. The van der Waals surface area contributed by atoms with Crippen molar-refractivity contribution in [3.8, 4) is 5.88 Å². The molecule has 1 aliphatic carbocycles. The molecule has 0 aliphatic heterocycles. The van der Waals surface area contributed by atoms with E-state index in [1.165, 1.54) is 0 Å². The van der Waals surface area contributed by atoms with Crippen molar-refractivity contribution in [3.05, 3.63) is 18.1 Å². The van der Waals surface area contributed by atoms with Crippen molar-refractivity contribution < 1.29 is 9.47 Å². The fourth-order valence-corrected chi connectivity index (χ4v) is 2.43. The van der Waals surface area contributed by atoms with Crippen LogP contribution in [0.25, 0.3) is 0 Å². The van der Waals surface area contributed by atoms with Gasteiger partial charge < -0.3 is 14.8 Å². The van der Waals surface area contributed by atoms with Crippen LogP contribution < -0.4 is 10.1 Å². The first-order valence-electron chi connectivity index (χ1n) is 7.41. The summed E-state index contributed by atoms with van der Waals surface area (Å²) in [4.78, 5) is 8.71. The smallest absolute Gasteiger partial charge is 0.232 e. The summed E-state index contributed by atoms with van der Waals surface area (Å²) in [5.74, 6) is 0.620. The lowest BCUT2D eigenvalue weighted by molar-refractivity contribution is 0.0193. The number of nitrogens with zero attached hydrogens (tertiary/aromatic N) is 2. The zero-order valence-electron chi connectivity index (χ0n) is 12.6. The molecule has 2 unspecified atom stereocenters. The van der Waals surface area contributed by atoms with Gasteiger partial charge in [-0.25, -0.2) is 4.98 Å². The molecule has 0 spiro atoms. The van der Waals surface area contributed by atoms with Crippen LogP contribution in [0.2, 0.25) is 0 Å². The maximum Gasteiger partial charge on any atom is 0.232 e. The average Bonchev–Trinajstić information content (AvgIpc) is 2.46. The molecule has 1 N–H and O–H groups in total. The van der Waals surface area contributed by atoms with E-state index in [0.717, 1.165) is 31.4 Å². The third-order valence-corrected chi connectivity index (χ3v) is 3.55. The topological polar surface area (TPSA) is 56.3 Å². The molecule has 1 aliphatic rings. The molecule has 0 saturated heterocycles. The van der Waals surface area contributed by atoms with Crippen molar-refractivity contribution in [1.29, 1.82) is 0 Å². The molecule has 1 aromatic rings. The minimum atomic E-state index is 0.191. The summed E-state index contributed by atoms with van der Waals surface area (Å²) in [6.45, 7) is 4.94. The van der Waals surface area contributed by atoms with E-state index in [1.807, 2.05) is 0 Å². The maximum absolute atomic E-state index is 5.95. The van der Waals surface area contributed by atoms with Gasteiger partial charge in [0.2, 0.25) is 5.88 Å². The molecule has 0 amide bonds. The summed E-state index contributed by atoms with van der Waals surface area (Å²) in [7, 11) is 1.77. The molecule has 0 radical (unpaired) electrons. The zero-order chi connectivity index (χ0) is 14.4. The van der Waals surface area contributed by atoms with E-state index in [9.17, 15) is 0 Å². The van der Waals surface area contributed by atoms with Crippen molar-refractivity contribution in [3.63, 3.8) is 0 Å². The van der Waals surface area contributed by atoms with Crippen LogP contribution in [0, 0.1) is 0 Å². The third-order valence-electron chi connectivity index (χ3n) is 3.55. The predicted octanol–water partition coefficient (Wildman–Crippen LogP) is 2.31. The number of nitrogens with one attached hydrogen (secondary N) is 1. The van der Waals surface area contributed by atoms with Crippen LogP contribution in [0.5, 0.6) is 5.88 Å². The molecular weight excluding hydrogens is 254 g/mol. The van der Waals surface area contributed by atoms with Crippen LogP contribution in [0.4, 0.5) is 0 Å². The largest absolute Gasteiger partial charge is 0.473 e. The van der Waals surface area contributed by atoms with Crippen molar-refractivity contribution in [2.24, 2.45) is 0 Å². The number of hydrogen-bond donors (Lipinski definition) is 1. The van der Waals surface area contributed by atoms with E-state index in [-0.39, 0.29) is 6.10 Å². The van der Waals surface area contributed by atoms with Crippen LogP contribution in [-0.2, 0) is 11.3 Å². The Morgan fingerprint density at radius 2 is 2.10 bits per heavy atom. The second-order valence-corrected chi connectivity index (χ2v) is 5.65. The predicted molar refractivity (Wildman–Crippen MR) is 77.7 cm³/mol. The molecule has 112 valence electrons. The minimum absolute atomic E-state index is 0.191. The summed E-state index contributed by atoms with van der Waals surface area (Å²) in [6, 6.07) is 0.433. The Bertz CT molecular complexity index is 412. The molecule has 1 saturated carbocycles. The second-order valence-electron chi connectivity index (χ2n) is 5.65. The van der Waals surface area contributed by atoms with Gasteiger partial charge >= 0.3 is 0 Å². The summed E-state index contributed by atoms with van der Waals surface area (Å²) < 4.78 is 11.4. The van der Waals surface area contributed by atoms with E-state index in [1.54, 1.807) is 19.5 Å². The van der Waals surface area contributed by atoms with Gasteiger partial charge in [-0.3, -0.25) is 4.98 Å². The highest BCUT2D eigenvalue weighted by Crippen LogP contribution is 2.24. The zero-order valence-corrected chi connectivity index (χ0v) is 12.6. The summed E-state index contributed by atoms with van der Waals surface area (Å²) in [6.07, 6.45) is 8.24. The molecule has 1 aromatic heterocycles. The van der Waals surface area contributed by atoms with Gasteiger partial charge in [-0.2, -0.15) is 0 Å². The fraction of sp³-hybridized carbons (Fsp3) is 0.733. The first kappa shape index (κ1) is 15.2. The van der Waals surface area contributed by atoms with E-state index in [2.05, 4.69) is 29.1 Å². The molecule has 20 heavy (non-hydrogen) atoms. The van der Waals surface area contributed by atoms with Gasteiger partial charge in [0.15, 0.2) is 0 Å². The summed E-state index contributed by atoms with van der Waals surface area (Å²) >= 11 is 0. The molecule has 1 heterocycles. The second kappa shape index (κ2) is 7.55. The van der Waals surface area contributed by atoms with Crippen LogP contribution in [0.1, 0.15) is 45.2 Å². The molecule has 0 aromatic carbocycles. The van der Waals surface area contributed by atoms with Gasteiger partial charge in [-0.15, -0.1) is 0 Å². The van der Waals surface area contributed by atoms with Gasteiger partial charge in [-0.1, -0.05) is 13.8 Å². The van der Waals surface area contributed by atoms with Gasteiger partial charge in [-0.05, 0) is 19.3 Å². The number of hydrogen-bond acceptors (Lipinski definition) is 5. The third kappa shape index (κ3) is 4.72. The summed E-state index contributed by atoms with van der Waals surface area (Å²) in [5.41, 5.74) is 0.912. The first-order chi connectivity index (χ1) is 9.67. The molecule has 2 rings (SSSR count). The first-order valence-corrected chi connectivity index (χ1v) is 7.41. The average molecular weight is 279 g/mol. The fourth-order valence-electron chi connectivity index (χ4n) is 2.43. The van der Waals surface area contributed by atoms with E-state index < -0.39 is 0 Å². The molecule has 1 fully saturated rings. The van der Waals surface area contributed by atoms with Crippen molar-refractivity contribution in [2.75, 3.05) is 7.11 Å². The van der Waals surface area contributed by atoms with Gasteiger partial charge in [0.1, 0.15) is 6.10 Å². The lowest BCUT2D eigenvalue weighted by Gasteiger charge is -2.28. The Hall–Kier alpha value is -1.20. The maximum atomic E-state index is 5.95. The monoisotopic (exact) mass is 279 g/mol. The number of ether oxygens (including phenoxy) is 2. The SMILES string of the molecule is COC1CCCC(Oc2cncc(CNC(C)C)n2)C1. The highest BCUT2D eigenvalue weighted by Gasteiger charge is 2.23. The van der Waals surface area contributed by atoms with E-state index >= 15 is 0 Å². The number of methoxy groups -OCH3 is 1. The molecular formula is C15H25N3O2. The minimum Gasteiger partial charge on any atom is -0.473 e. The molecule has 2 atom stereocenters. The highest BCUT2D eigenvalue weighted by atomic mass is 16.5. The van der Waals surface area contributed by atoms with Crippen LogP contribution in [-0.4, -0.2) is 35.3 Å². The van der Waals surface area contributed by atoms with E-state index in [0.29, 0.717) is 24.6 Å². The summed E-state index contributed by atoms with van der Waals surface area (Å²) in [5, 5.41) is 3.33. The standard InChI is InChI=1S/C15H25N3O2/c1-11(2)17-9-12-8-16-10-15(18-12)20-14-6-4-5-13(7-14)19-3/h8,10-11,13-14,17H,4-7,9H2,1-3H3.